The Morgan fingerprint density at radius 1 is 1.19 bits per heavy atom. The minimum atomic E-state index is -0.437. The van der Waals surface area contributed by atoms with Gasteiger partial charge in [-0.05, 0) is 57.3 Å². The van der Waals surface area contributed by atoms with Gasteiger partial charge in [-0.2, -0.15) is 5.10 Å². The van der Waals surface area contributed by atoms with Gasteiger partial charge >= 0.3 is 0 Å². The topological polar surface area (TPSA) is 65.7 Å². The summed E-state index contributed by atoms with van der Waals surface area (Å²) in [6.45, 7) is 8.12. The van der Waals surface area contributed by atoms with Gasteiger partial charge in [-0.15, -0.1) is 0 Å². The van der Waals surface area contributed by atoms with Crippen LogP contribution >= 0.6 is 0 Å². The Morgan fingerprint density at radius 3 is 2.81 bits per heavy atom. The quantitative estimate of drug-likeness (QED) is 0.819. The molecule has 27 heavy (non-hydrogen) atoms. The Kier molecular flexibility index (Phi) is 8.12. The third-order valence-electron chi connectivity index (χ3n) is 5.50. The molecule has 2 unspecified atom stereocenters. The minimum Gasteiger partial charge on any atom is -0.388 e. The second kappa shape index (κ2) is 10.6. The van der Waals surface area contributed by atoms with Crippen molar-refractivity contribution in [3.05, 3.63) is 17.0 Å². The number of hydrogen-bond donors (Lipinski definition) is 1. The maximum atomic E-state index is 10.8. The lowest BCUT2D eigenvalue weighted by atomic mass is 9.98. The Morgan fingerprint density at radius 2 is 2.04 bits per heavy atom. The van der Waals surface area contributed by atoms with E-state index in [-0.39, 0.29) is 6.29 Å². The van der Waals surface area contributed by atoms with Crippen LogP contribution in [0.4, 0.5) is 0 Å². The number of fused-ring (bicyclic) bond motifs is 1. The smallest absolute Gasteiger partial charge is 0.157 e. The first-order valence-electron chi connectivity index (χ1n) is 10.8. The van der Waals surface area contributed by atoms with Crippen LogP contribution in [-0.2, 0) is 33.6 Å². The summed E-state index contributed by atoms with van der Waals surface area (Å²) in [6.07, 6.45) is 7.19. The third-order valence-corrected chi connectivity index (χ3v) is 5.50. The van der Waals surface area contributed by atoms with Gasteiger partial charge in [-0.1, -0.05) is 13.8 Å². The molecule has 0 spiro atoms. The average Bonchev–Trinajstić information content (AvgIpc) is 3.04. The third kappa shape index (κ3) is 5.76. The molecule has 0 bridgehead atoms. The van der Waals surface area contributed by atoms with Crippen molar-refractivity contribution < 1.29 is 19.3 Å². The standard InChI is InChI=1S/C21H36N2O4/c1-3-17-21-18(8-6-11-25-12-7-9-19(21)24)23(22-17)14-16(2)15-27-20-10-4-5-13-26-20/h16,19-20,24H,3-15H2,1-2H3/t16-,19?,20?/m1/s1. The Labute approximate surface area is 163 Å². The fourth-order valence-electron chi connectivity index (χ4n) is 4.06. The Hall–Kier alpha value is -0.950. The zero-order valence-electron chi connectivity index (χ0n) is 17.0. The molecule has 0 aromatic carbocycles. The van der Waals surface area contributed by atoms with Crippen LogP contribution in [0.5, 0.6) is 0 Å². The summed E-state index contributed by atoms with van der Waals surface area (Å²) in [5.41, 5.74) is 3.30. The van der Waals surface area contributed by atoms with Gasteiger partial charge < -0.3 is 19.3 Å². The lowest BCUT2D eigenvalue weighted by molar-refractivity contribution is -0.168. The lowest BCUT2D eigenvalue weighted by Gasteiger charge is -2.24. The highest BCUT2D eigenvalue weighted by atomic mass is 16.7. The van der Waals surface area contributed by atoms with Crippen LogP contribution in [0.25, 0.3) is 0 Å². The van der Waals surface area contributed by atoms with E-state index in [2.05, 4.69) is 18.5 Å². The van der Waals surface area contributed by atoms with Crippen LogP contribution in [0.1, 0.15) is 75.4 Å². The average molecular weight is 381 g/mol. The second-order valence-corrected chi connectivity index (χ2v) is 7.95. The zero-order valence-corrected chi connectivity index (χ0v) is 17.0. The molecular formula is C21H36N2O4. The first-order chi connectivity index (χ1) is 13.2. The number of hydrogen-bond acceptors (Lipinski definition) is 5. The highest BCUT2D eigenvalue weighted by Crippen LogP contribution is 2.29. The fraction of sp³-hybridized carbons (Fsp3) is 0.857. The van der Waals surface area contributed by atoms with E-state index in [0.717, 1.165) is 82.6 Å². The molecule has 6 nitrogen and oxygen atoms in total. The molecule has 1 N–H and O–H groups in total. The molecule has 154 valence electrons. The summed E-state index contributed by atoms with van der Waals surface area (Å²) in [5.74, 6) is 0.341. The Bertz CT molecular complexity index is 569. The summed E-state index contributed by atoms with van der Waals surface area (Å²) in [5, 5.41) is 15.6. The maximum Gasteiger partial charge on any atom is 0.157 e. The minimum absolute atomic E-state index is 0.0446. The molecule has 1 saturated heterocycles. The normalized spacial score (nSPS) is 25.7. The molecule has 0 radical (unpaired) electrons. The molecule has 1 aromatic heterocycles. The van der Waals surface area contributed by atoms with Gasteiger partial charge in [0.15, 0.2) is 6.29 Å². The summed E-state index contributed by atoms with van der Waals surface area (Å²) >= 11 is 0. The van der Waals surface area contributed by atoms with E-state index in [1.807, 2.05) is 0 Å². The number of nitrogens with zero attached hydrogens (tertiary/aromatic N) is 2. The molecule has 3 rings (SSSR count). The molecular weight excluding hydrogens is 344 g/mol. The van der Waals surface area contributed by atoms with Gasteiger partial charge in [0.25, 0.3) is 0 Å². The Balaban J connectivity index is 1.68. The summed E-state index contributed by atoms with van der Waals surface area (Å²) in [6, 6.07) is 0. The van der Waals surface area contributed by atoms with Crippen molar-refractivity contribution in [3.63, 3.8) is 0 Å². The lowest BCUT2D eigenvalue weighted by Crippen LogP contribution is -2.26. The van der Waals surface area contributed by atoms with E-state index in [1.54, 1.807) is 0 Å². The highest BCUT2D eigenvalue weighted by molar-refractivity contribution is 5.29. The number of aliphatic hydroxyl groups is 1. The van der Waals surface area contributed by atoms with Crippen LogP contribution in [0.15, 0.2) is 0 Å². The van der Waals surface area contributed by atoms with Crippen LogP contribution in [0, 0.1) is 5.92 Å². The number of ether oxygens (including phenoxy) is 3. The van der Waals surface area contributed by atoms with Crippen molar-refractivity contribution in [1.82, 2.24) is 9.78 Å². The van der Waals surface area contributed by atoms with E-state index in [9.17, 15) is 5.11 Å². The molecule has 0 aliphatic carbocycles. The summed E-state index contributed by atoms with van der Waals surface area (Å²) in [4.78, 5) is 0. The SMILES string of the molecule is CCc1nn(C[C@@H](C)COC2CCCCO2)c2c1C(O)CCCOCCC2. The monoisotopic (exact) mass is 380 g/mol. The molecule has 6 heteroatoms. The predicted octanol–water partition coefficient (Wildman–Crippen LogP) is 3.40. The second-order valence-electron chi connectivity index (χ2n) is 7.95. The molecule has 1 fully saturated rings. The first-order valence-corrected chi connectivity index (χ1v) is 10.8. The van der Waals surface area contributed by atoms with Gasteiger partial charge in [0.1, 0.15) is 0 Å². The van der Waals surface area contributed by atoms with Crippen molar-refractivity contribution in [3.8, 4) is 0 Å². The van der Waals surface area contributed by atoms with Gasteiger partial charge in [-0.3, -0.25) is 4.68 Å². The molecule has 1 aromatic rings. The van der Waals surface area contributed by atoms with Gasteiger partial charge in [0.2, 0.25) is 0 Å². The first kappa shape index (κ1) is 20.8. The van der Waals surface area contributed by atoms with E-state index in [4.69, 9.17) is 19.3 Å². The van der Waals surface area contributed by atoms with Crippen molar-refractivity contribution in [1.29, 1.82) is 0 Å². The zero-order chi connectivity index (χ0) is 19.1. The van der Waals surface area contributed by atoms with E-state index < -0.39 is 6.10 Å². The summed E-state index contributed by atoms with van der Waals surface area (Å²) in [7, 11) is 0. The van der Waals surface area contributed by atoms with Crippen LogP contribution in [-0.4, -0.2) is 47.6 Å². The fourth-order valence-corrected chi connectivity index (χ4v) is 4.06. The van der Waals surface area contributed by atoms with Crippen LogP contribution < -0.4 is 0 Å². The molecule has 0 saturated carbocycles. The number of aryl methyl sites for hydroxylation is 1. The van der Waals surface area contributed by atoms with Crippen molar-refractivity contribution in [2.24, 2.45) is 5.92 Å². The molecule has 0 amide bonds. The predicted molar refractivity (Wildman–Crippen MR) is 104 cm³/mol. The largest absolute Gasteiger partial charge is 0.388 e. The summed E-state index contributed by atoms with van der Waals surface area (Å²) < 4.78 is 19.4. The van der Waals surface area contributed by atoms with E-state index >= 15 is 0 Å². The van der Waals surface area contributed by atoms with Crippen LogP contribution in [0.3, 0.4) is 0 Å². The van der Waals surface area contributed by atoms with Crippen molar-refractivity contribution in [2.45, 2.75) is 84.2 Å². The van der Waals surface area contributed by atoms with E-state index in [0.29, 0.717) is 12.5 Å². The number of aromatic nitrogens is 2. The van der Waals surface area contributed by atoms with Gasteiger partial charge in [0.05, 0.1) is 18.4 Å². The molecule has 2 aliphatic rings. The van der Waals surface area contributed by atoms with Gasteiger partial charge in [0, 0.05) is 37.6 Å². The van der Waals surface area contributed by atoms with Crippen molar-refractivity contribution >= 4 is 0 Å². The molecule has 3 heterocycles. The number of rotatable bonds is 6. The highest BCUT2D eigenvalue weighted by Gasteiger charge is 2.24. The maximum absolute atomic E-state index is 10.8. The van der Waals surface area contributed by atoms with E-state index in [1.165, 1.54) is 12.1 Å². The number of aliphatic hydroxyl groups excluding tert-OH is 1. The molecule has 2 aliphatic heterocycles. The van der Waals surface area contributed by atoms with Crippen LogP contribution in [0.2, 0.25) is 0 Å². The molecule has 3 atom stereocenters. The van der Waals surface area contributed by atoms with Gasteiger partial charge in [-0.25, -0.2) is 0 Å². The van der Waals surface area contributed by atoms with Crippen molar-refractivity contribution in [2.75, 3.05) is 26.4 Å².